The number of aliphatic hydroxyl groups excluding tert-OH is 1. The largest absolute Gasteiger partial charge is 0.394 e. The first-order chi connectivity index (χ1) is 11.9. The van der Waals surface area contributed by atoms with Crippen LogP contribution in [-0.4, -0.2) is 60.3 Å². The molecule has 2 aromatic rings. The molecule has 1 aliphatic heterocycles. The highest BCUT2D eigenvalue weighted by molar-refractivity contribution is 5.82. The number of ether oxygens (including phenoxy) is 1. The zero-order chi connectivity index (χ0) is 17.8. The van der Waals surface area contributed by atoms with Crippen LogP contribution in [0.1, 0.15) is 32.9 Å². The van der Waals surface area contributed by atoms with Gasteiger partial charge in [0.05, 0.1) is 12.9 Å². The minimum Gasteiger partial charge on any atom is -0.394 e. The van der Waals surface area contributed by atoms with Gasteiger partial charge in [-0.15, -0.1) is 0 Å². The number of imidazole rings is 1. The number of aromatic nitrogens is 4. The summed E-state index contributed by atoms with van der Waals surface area (Å²) >= 11 is 0. The number of aliphatic hydroxyl groups is 2. The first-order valence-electron chi connectivity index (χ1n) is 8.45. The normalized spacial score (nSPS) is 35.4. The molecule has 2 fully saturated rings. The van der Waals surface area contributed by atoms with Crippen molar-refractivity contribution in [2.24, 2.45) is 5.92 Å². The van der Waals surface area contributed by atoms with E-state index >= 15 is 4.39 Å². The molecule has 0 radical (unpaired) electrons. The van der Waals surface area contributed by atoms with Crippen LogP contribution in [0.5, 0.6) is 0 Å². The second kappa shape index (κ2) is 5.58. The minimum atomic E-state index is -2.14. The summed E-state index contributed by atoms with van der Waals surface area (Å²) in [5.74, 6) is 1.26. The molecule has 4 rings (SSSR count). The van der Waals surface area contributed by atoms with Gasteiger partial charge in [-0.3, -0.25) is 4.57 Å². The summed E-state index contributed by atoms with van der Waals surface area (Å²) in [5.41, 5.74) is -3.05. The molecule has 1 aliphatic carbocycles. The Balaban J connectivity index is 1.71. The van der Waals surface area contributed by atoms with Gasteiger partial charge in [0, 0.05) is 6.54 Å². The van der Waals surface area contributed by atoms with E-state index in [1.54, 1.807) is 0 Å². The van der Waals surface area contributed by atoms with Crippen LogP contribution in [0.25, 0.3) is 11.2 Å². The van der Waals surface area contributed by atoms with Crippen molar-refractivity contribution in [1.82, 2.24) is 19.5 Å². The molecule has 3 heterocycles. The van der Waals surface area contributed by atoms with Gasteiger partial charge in [0.2, 0.25) is 0 Å². The Morgan fingerprint density at radius 2 is 2.12 bits per heavy atom. The highest BCUT2D eigenvalue weighted by atomic mass is 19.1. The fraction of sp³-hybridized carbons (Fsp3) is 0.688. The fourth-order valence-electron chi connectivity index (χ4n) is 3.24. The Labute approximate surface area is 144 Å². The number of fused-ring (bicyclic) bond motifs is 1. The van der Waals surface area contributed by atoms with Crippen molar-refractivity contribution >= 4 is 17.0 Å². The number of alkyl halides is 1. The topological polar surface area (TPSA) is 105 Å². The van der Waals surface area contributed by atoms with Crippen molar-refractivity contribution in [2.75, 3.05) is 18.5 Å². The molecule has 2 aromatic heterocycles. The van der Waals surface area contributed by atoms with Crippen molar-refractivity contribution in [3.8, 4) is 0 Å². The van der Waals surface area contributed by atoms with Crippen LogP contribution in [-0.2, 0) is 4.74 Å². The van der Waals surface area contributed by atoms with Crippen molar-refractivity contribution in [3.05, 3.63) is 12.7 Å². The van der Waals surface area contributed by atoms with Crippen LogP contribution in [0, 0.1) is 5.92 Å². The molecule has 2 aliphatic rings. The van der Waals surface area contributed by atoms with Crippen molar-refractivity contribution in [3.63, 3.8) is 0 Å². The predicted octanol–water partition coefficient (Wildman–Crippen LogP) is 1.02. The number of anilines is 1. The fourth-order valence-corrected chi connectivity index (χ4v) is 3.24. The molecule has 1 saturated heterocycles. The Morgan fingerprint density at radius 1 is 1.36 bits per heavy atom. The number of nitrogens with one attached hydrogen (secondary N) is 1. The molecule has 3 N–H and O–H groups in total. The molecule has 0 spiro atoms. The first kappa shape index (κ1) is 16.6. The number of hydrogen-bond donors (Lipinski definition) is 3. The molecule has 9 heteroatoms. The van der Waals surface area contributed by atoms with E-state index in [1.165, 1.54) is 43.9 Å². The maximum atomic E-state index is 15.4. The average molecular weight is 351 g/mol. The molecule has 0 aromatic carbocycles. The lowest BCUT2D eigenvalue weighted by molar-refractivity contribution is -0.0891. The lowest BCUT2D eigenvalue weighted by Gasteiger charge is -2.32. The maximum absolute atomic E-state index is 15.4. The predicted molar refractivity (Wildman–Crippen MR) is 87.7 cm³/mol. The van der Waals surface area contributed by atoms with Crippen molar-refractivity contribution in [2.45, 2.75) is 50.3 Å². The van der Waals surface area contributed by atoms with Gasteiger partial charge in [0.15, 0.2) is 28.9 Å². The third-order valence-electron chi connectivity index (χ3n) is 5.41. The lowest BCUT2D eigenvalue weighted by atomic mass is 9.85. The van der Waals surface area contributed by atoms with Crippen LogP contribution in [0.3, 0.4) is 0 Å². The van der Waals surface area contributed by atoms with Gasteiger partial charge in [-0.25, -0.2) is 19.3 Å². The van der Waals surface area contributed by atoms with E-state index in [0.717, 1.165) is 6.54 Å². The van der Waals surface area contributed by atoms with Gasteiger partial charge in [-0.1, -0.05) is 0 Å². The minimum absolute atomic E-state index is 0.413. The quantitative estimate of drug-likeness (QED) is 0.738. The van der Waals surface area contributed by atoms with E-state index in [0.29, 0.717) is 22.9 Å². The number of hydrogen-bond acceptors (Lipinski definition) is 7. The van der Waals surface area contributed by atoms with Crippen LogP contribution in [0.15, 0.2) is 12.7 Å². The summed E-state index contributed by atoms with van der Waals surface area (Å²) in [6, 6.07) is 0. The van der Waals surface area contributed by atoms with Crippen LogP contribution in [0.2, 0.25) is 0 Å². The van der Waals surface area contributed by atoms with Crippen molar-refractivity contribution < 1.29 is 19.3 Å². The summed E-state index contributed by atoms with van der Waals surface area (Å²) in [7, 11) is 0. The number of nitrogens with zero attached hydrogens (tertiary/aromatic N) is 4. The Hall–Kier alpha value is -1.84. The van der Waals surface area contributed by atoms with E-state index < -0.39 is 30.2 Å². The molecular formula is C16H22FN5O3. The van der Waals surface area contributed by atoms with Gasteiger partial charge in [0.25, 0.3) is 0 Å². The van der Waals surface area contributed by atoms with Gasteiger partial charge in [0.1, 0.15) is 18.0 Å². The summed E-state index contributed by atoms with van der Waals surface area (Å²) in [6.07, 6.45) is 3.05. The highest BCUT2D eigenvalue weighted by Gasteiger charge is 2.63. The molecule has 25 heavy (non-hydrogen) atoms. The van der Waals surface area contributed by atoms with Crippen LogP contribution in [0.4, 0.5) is 10.2 Å². The van der Waals surface area contributed by atoms with Gasteiger partial charge >= 0.3 is 0 Å². The second-order valence-electron chi connectivity index (χ2n) is 7.25. The smallest absolute Gasteiger partial charge is 0.183 e. The Kier molecular flexibility index (Phi) is 3.71. The zero-order valence-electron chi connectivity index (χ0n) is 14.2. The summed E-state index contributed by atoms with van der Waals surface area (Å²) in [4.78, 5) is 12.7. The maximum Gasteiger partial charge on any atom is 0.183 e. The lowest BCUT2D eigenvalue weighted by Crippen LogP contribution is -2.51. The molecule has 8 nitrogen and oxygen atoms in total. The third-order valence-corrected chi connectivity index (χ3v) is 5.41. The van der Waals surface area contributed by atoms with E-state index in [4.69, 9.17) is 4.74 Å². The van der Waals surface area contributed by atoms with E-state index in [-0.39, 0.29) is 0 Å². The van der Waals surface area contributed by atoms with Crippen LogP contribution < -0.4 is 5.32 Å². The summed E-state index contributed by atoms with van der Waals surface area (Å²) < 4.78 is 22.4. The first-order valence-corrected chi connectivity index (χ1v) is 8.45. The molecule has 0 bridgehead atoms. The molecule has 0 amide bonds. The van der Waals surface area contributed by atoms with Gasteiger partial charge in [-0.05, 0) is 32.6 Å². The zero-order valence-corrected chi connectivity index (χ0v) is 14.2. The highest BCUT2D eigenvalue weighted by Crippen LogP contribution is 2.48. The third kappa shape index (κ3) is 2.49. The standard InChI is InChI=1S/C16H22FN5O3/c1-15(17)14(25-10(6-23)16(15,2)24)22-8-21-11-12(18-5-9-3-4-9)19-7-20-13(11)22/h7-10,14,23-24H,3-6H2,1-2H3,(H,18,19,20)/t10-,14+,15+,16+/m1/s1. The van der Waals surface area contributed by atoms with Gasteiger partial charge in [-0.2, -0.15) is 0 Å². The molecule has 4 atom stereocenters. The average Bonchev–Trinajstić information content (AvgIpc) is 3.27. The molecule has 1 saturated carbocycles. The number of rotatable bonds is 5. The monoisotopic (exact) mass is 351 g/mol. The van der Waals surface area contributed by atoms with Gasteiger partial charge < -0.3 is 20.3 Å². The summed E-state index contributed by atoms with van der Waals surface area (Å²) in [6.45, 7) is 2.91. The summed E-state index contributed by atoms with van der Waals surface area (Å²) in [5, 5.41) is 23.2. The second-order valence-corrected chi connectivity index (χ2v) is 7.25. The molecule has 136 valence electrons. The Bertz CT molecular complexity index is 789. The van der Waals surface area contributed by atoms with Crippen LogP contribution >= 0.6 is 0 Å². The van der Waals surface area contributed by atoms with E-state index in [1.807, 2.05) is 0 Å². The van der Waals surface area contributed by atoms with E-state index in [9.17, 15) is 10.2 Å². The van der Waals surface area contributed by atoms with Crippen molar-refractivity contribution in [1.29, 1.82) is 0 Å². The SMILES string of the molecule is C[C@]1(O)[C@@H](CO)O[C@H](n2cnc3c(NCC4CC4)ncnc32)[C@]1(C)F. The molecule has 0 unspecified atom stereocenters. The Morgan fingerprint density at radius 3 is 2.76 bits per heavy atom. The molecular weight excluding hydrogens is 329 g/mol. The number of halogens is 1. The van der Waals surface area contributed by atoms with E-state index in [2.05, 4.69) is 20.3 Å².